The van der Waals surface area contributed by atoms with Crippen molar-refractivity contribution in [3.8, 4) is 0 Å². The number of piperidine rings is 1. The van der Waals surface area contributed by atoms with Crippen LogP contribution in [0.1, 0.15) is 51.5 Å². The molecule has 0 amide bonds. The van der Waals surface area contributed by atoms with Crippen LogP contribution in [0.5, 0.6) is 0 Å². The van der Waals surface area contributed by atoms with Gasteiger partial charge in [-0.1, -0.05) is 6.42 Å². The summed E-state index contributed by atoms with van der Waals surface area (Å²) in [6.45, 7) is 11.0. The second-order valence-electron chi connectivity index (χ2n) is 8.36. The lowest BCUT2D eigenvalue weighted by atomic mass is 9.98. The van der Waals surface area contributed by atoms with Crippen LogP contribution in [0.4, 0.5) is 5.82 Å². The van der Waals surface area contributed by atoms with Crippen LogP contribution in [0.25, 0.3) is 0 Å². The van der Waals surface area contributed by atoms with Crippen molar-refractivity contribution in [2.75, 3.05) is 44.7 Å². The molecular formula is C21H36N6. The molecule has 0 radical (unpaired) electrons. The molecule has 2 aliphatic rings. The van der Waals surface area contributed by atoms with E-state index >= 15 is 0 Å². The van der Waals surface area contributed by atoms with E-state index in [9.17, 15) is 0 Å². The Morgan fingerprint density at radius 1 is 1.07 bits per heavy atom. The van der Waals surface area contributed by atoms with Gasteiger partial charge in [0.25, 0.3) is 0 Å². The van der Waals surface area contributed by atoms with Crippen molar-refractivity contribution in [3.05, 3.63) is 23.9 Å². The van der Waals surface area contributed by atoms with Crippen molar-refractivity contribution < 1.29 is 0 Å². The van der Waals surface area contributed by atoms with E-state index in [4.69, 9.17) is 0 Å². The molecule has 27 heavy (non-hydrogen) atoms. The molecule has 0 saturated carbocycles. The van der Waals surface area contributed by atoms with Crippen LogP contribution in [-0.2, 0) is 6.54 Å². The number of hydrogen-bond donors (Lipinski definition) is 2. The Kier molecular flexibility index (Phi) is 6.94. The quantitative estimate of drug-likeness (QED) is 0.594. The maximum atomic E-state index is 4.54. The summed E-state index contributed by atoms with van der Waals surface area (Å²) in [6.07, 6.45) is 8.46. The number of pyridine rings is 1. The van der Waals surface area contributed by atoms with E-state index in [0.717, 1.165) is 38.0 Å². The van der Waals surface area contributed by atoms with Crippen molar-refractivity contribution in [2.45, 2.75) is 58.0 Å². The van der Waals surface area contributed by atoms with Crippen LogP contribution in [0.15, 0.2) is 23.3 Å². The summed E-state index contributed by atoms with van der Waals surface area (Å²) in [5.74, 6) is 1.96. The monoisotopic (exact) mass is 372 g/mol. The first kappa shape index (κ1) is 19.9. The van der Waals surface area contributed by atoms with E-state index in [-0.39, 0.29) is 5.54 Å². The van der Waals surface area contributed by atoms with Gasteiger partial charge in [-0.15, -0.1) is 0 Å². The predicted molar refractivity (Wildman–Crippen MR) is 113 cm³/mol. The van der Waals surface area contributed by atoms with Crippen LogP contribution in [0.2, 0.25) is 0 Å². The molecule has 6 heteroatoms. The maximum Gasteiger partial charge on any atom is 0.191 e. The highest BCUT2D eigenvalue weighted by atomic mass is 15.2. The summed E-state index contributed by atoms with van der Waals surface area (Å²) < 4.78 is 0. The molecular weight excluding hydrogens is 336 g/mol. The fourth-order valence-corrected chi connectivity index (χ4v) is 4.01. The van der Waals surface area contributed by atoms with Crippen LogP contribution in [0.3, 0.4) is 0 Å². The summed E-state index contributed by atoms with van der Waals surface area (Å²) in [5.41, 5.74) is 1.38. The zero-order valence-corrected chi connectivity index (χ0v) is 17.3. The Morgan fingerprint density at radius 2 is 1.78 bits per heavy atom. The molecule has 1 aromatic heterocycles. The third-order valence-electron chi connectivity index (χ3n) is 5.82. The van der Waals surface area contributed by atoms with E-state index in [1.54, 1.807) is 0 Å². The predicted octanol–water partition coefficient (Wildman–Crippen LogP) is 2.61. The largest absolute Gasteiger partial charge is 0.357 e. The zero-order chi connectivity index (χ0) is 19.1. The summed E-state index contributed by atoms with van der Waals surface area (Å²) >= 11 is 0. The lowest BCUT2D eigenvalue weighted by Gasteiger charge is -2.41. The van der Waals surface area contributed by atoms with E-state index in [0.29, 0.717) is 0 Å². The first-order valence-corrected chi connectivity index (χ1v) is 10.5. The van der Waals surface area contributed by atoms with E-state index in [1.165, 1.54) is 50.8 Å². The van der Waals surface area contributed by atoms with E-state index < -0.39 is 0 Å². The van der Waals surface area contributed by atoms with Crippen molar-refractivity contribution in [3.63, 3.8) is 0 Å². The van der Waals surface area contributed by atoms with Gasteiger partial charge in [-0.25, -0.2) is 4.98 Å². The highest BCUT2D eigenvalue weighted by Crippen LogP contribution is 2.20. The Labute approximate surface area is 164 Å². The highest BCUT2D eigenvalue weighted by molar-refractivity contribution is 5.79. The SMILES string of the molecule is CN=C(NCc1ccnc(N2CCCC2)c1)NCC(C)(C)N1CCCCC1. The third-order valence-corrected chi connectivity index (χ3v) is 5.82. The Bertz CT molecular complexity index is 615. The Morgan fingerprint density at radius 3 is 2.48 bits per heavy atom. The first-order valence-electron chi connectivity index (χ1n) is 10.5. The van der Waals surface area contributed by atoms with Gasteiger partial charge in [-0.2, -0.15) is 0 Å². The van der Waals surface area contributed by atoms with Gasteiger partial charge in [0, 0.05) is 45.0 Å². The molecule has 0 aromatic carbocycles. The normalized spacial score (nSPS) is 19.4. The molecule has 1 aromatic rings. The van der Waals surface area contributed by atoms with Gasteiger partial charge >= 0.3 is 0 Å². The second kappa shape index (κ2) is 9.40. The van der Waals surface area contributed by atoms with Crippen molar-refractivity contribution in [1.82, 2.24) is 20.5 Å². The van der Waals surface area contributed by atoms with Crippen molar-refractivity contribution in [2.24, 2.45) is 4.99 Å². The average molecular weight is 373 g/mol. The number of likely N-dealkylation sites (tertiary alicyclic amines) is 1. The highest BCUT2D eigenvalue weighted by Gasteiger charge is 2.27. The lowest BCUT2D eigenvalue weighted by Crippen LogP contribution is -2.54. The Balaban J connectivity index is 1.49. The van der Waals surface area contributed by atoms with Gasteiger partial charge in [0.15, 0.2) is 5.96 Å². The van der Waals surface area contributed by atoms with E-state index in [2.05, 4.69) is 56.4 Å². The average Bonchev–Trinajstić information content (AvgIpc) is 3.24. The van der Waals surface area contributed by atoms with Gasteiger partial charge in [0.1, 0.15) is 5.82 Å². The summed E-state index contributed by atoms with van der Waals surface area (Å²) in [5, 5.41) is 6.97. The molecule has 150 valence electrons. The minimum absolute atomic E-state index is 0.137. The first-order chi connectivity index (χ1) is 13.1. The fraction of sp³-hybridized carbons (Fsp3) is 0.714. The molecule has 0 aliphatic carbocycles. The smallest absolute Gasteiger partial charge is 0.191 e. The lowest BCUT2D eigenvalue weighted by molar-refractivity contribution is 0.0982. The molecule has 3 rings (SSSR count). The molecule has 0 atom stereocenters. The molecule has 0 bridgehead atoms. The third kappa shape index (κ3) is 5.58. The fourth-order valence-electron chi connectivity index (χ4n) is 4.01. The van der Waals surface area contributed by atoms with Crippen molar-refractivity contribution >= 4 is 11.8 Å². The van der Waals surface area contributed by atoms with Gasteiger partial charge in [-0.3, -0.25) is 9.89 Å². The number of guanidine groups is 1. The summed E-state index contributed by atoms with van der Waals surface area (Å²) in [7, 11) is 1.84. The molecule has 2 fully saturated rings. The van der Waals surface area contributed by atoms with Crippen LogP contribution in [0, 0.1) is 0 Å². The minimum atomic E-state index is 0.137. The molecule has 3 heterocycles. The van der Waals surface area contributed by atoms with Gasteiger partial charge < -0.3 is 15.5 Å². The summed E-state index contributed by atoms with van der Waals surface area (Å²) in [6, 6.07) is 4.28. The van der Waals surface area contributed by atoms with Gasteiger partial charge in [0.05, 0.1) is 0 Å². The number of hydrogen-bond acceptors (Lipinski definition) is 4. The van der Waals surface area contributed by atoms with Crippen LogP contribution >= 0.6 is 0 Å². The van der Waals surface area contributed by atoms with Crippen molar-refractivity contribution in [1.29, 1.82) is 0 Å². The van der Waals surface area contributed by atoms with Crippen LogP contribution in [-0.4, -0.2) is 61.2 Å². The topological polar surface area (TPSA) is 55.8 Å². The molecule has 6 nitrogen and oxygen atoms in total. The maximum absolute atomic E-state index is 4.54. The Hall–Kier alpha value is -1.82. The number of aliphatic imine (C=N–C) groups is 1. The number of anilines is 1. The van der Waals surface area contributed by atoms with E-state index in [1.807, 2.05) is 13.2 Å². The number of aromatic nitrogens is 1. The summed E-state index contributed by atoms with van der Waals surface area (Å²) in [4.78, 5) is 13.9. The molecule has 0 unspecified atom stereocenters. The van der Waals surface area contributed by atoms with Crippen LogP contribution < -0.4 is 15.5 Å². The molecule has 2 N–H and O–H groups in total. The standard InChI is InChI=1S/C21H36N6/c1-21(2,27-13-5-4-6-14-27)17-25-20(22-3)24-16-18-9-10-23-19(15-18)26-11-7-8-12-26/h9-10,15H,4-8,11-14,16-17H2,1-3H3,(H2,22,24,25). The number of nitrogens with one attached hydrogen (secondary N) is 2. The second-order valence-corrected chi connectivity index (χ2v) is 8.36. The van der Waals surface area contributed by atoms with Gasteiger partial charge in [-0.05, 0) is 70.3 Å². The molecule has 2 aliphatic heterocycles. The zero-order valence-electron chi connectivity index (χ0n) is 17.3. The minimum Gasteiger partial charge on any atom is -0.357 e. The van der Waals surface area contributed by atoms with Gasteiger partial charge in [0.2, 0.25) is 0 Å². The number of rotatable bonds is 6. The number of nitrogens with zero attached hydrogens (tertiary/aromatic N) is 4. The molecule has 0 spiro atoms. The molecule has 2 saturated heterocycles.